The Bertz CT molecular complexity index is 1180. The number of hydrogen-bond donors (Lipinski definition) is 0. The smallest absolute Gasteiger partial charge is 0.200 e. The maximum absolute atomic E-state index is 12.7. The van der Waals surface area contributed by atoms with Crippen molar-refractivity contribution in [1.82, 2.24) is 0 Å². The van der Waals surface area contributed by atoms with E-state index in [4.69, 9.17) is 4.42 Å². The first-order valence-electron chi connectivity index (χ1n) is 8.71. The third-order valence-corrected chi connectivity index (χ3v) is 4.53. The lowest BCUT2D eigenvalue weighted by atomic mass is 10.0. The summed E-state index contributed by atoms with van der Waals surface area (Å²) in [5, 5.41) is 1.06. The number of fused-ring (bicyclic) bond motifs is 2. The van der Waals surface area contributed by atoms with Gasteiger partial charge >= 0.3 is 0 Å². The lowest BCUT2D eigenvalue weighted by molar-refractivity contribution is -0.113. The number of benzene rings is 2. The second-order valence-corrected chi connectivity index (χ2v) is 6.56. The van der Waals surface area contributed by atoms with Crippen molar-refractivity contribution in [2.45, 2.75) is 27.2 Å². The van der Waals surface area contributed by atoms with Gasteiger partial charge in [0.15, 0.2) is 11.6 Å². The second kappa shape index (κ2) is 7.54. The van der Waals surface area contributed by atoms with Gasteiger partial charge in [0, 0.05) is 5.57 Å². The first-order chi connectivity index (χ1) is 12.9. The molecule has 4 heteroatoms. The van der Waals surface area contributed by atoms with Crippen molar-refractivity contribution in [1.29, 1.82) is 0 Å². The Morgan fingerprint density at radius 3 is 2.33 bits per heavy atom. The van der Waals surface area contributed by atoms with Crippen LogP contribution in [0.2, 0.25) is 0 Å². The minimum absolute atomic E-state index is 0.0719. The molecule has 0 saturated carbocycles. The molecule has 1 aromatic heterocycles. The normalized spacial score (nSPS) is 12.6. The van der Waals surface area contributed by atoms with Crippen molar-refractivity contribution in [2.24, 2.45) is 0 Å². The van der Waals surface area contributed by atoms with Gasteiger partial charge in [-0.1, -0.05) is 24.3 Å². The van der Waals surface area contributed by atoms with E-state index >= 15 is 0 Å². The van der Waals surface area contributed by atoms with Gasteiger partial charge in [-0.25, -0.2) is 0 Å². The molecule has 0 saturated heterocycles. The molecule has 0 spiro atoms. The molecular formula is C23H20O4. The minimum atomic E-state index is -0.109. The summed E-state index contributed by atoms with van der Waals surface area (Å²) in [6.45, 7) is 4.62. The summed E-state index contributed by atoms with van der Waals surface area (Å²) >= 11 is 0. The standard InChI is InChI=1S/C23H20O4/c1-14(15(2)24)12-18(16(3)25)10-8-17-9-11-22-20(13-17)23(26)19-6-4-5-7-21(19)27-22/h4-7,9-13H,8H2,1-3H3. The fourth-order valence-electron chi connectivity index (χ4n) is 2.84. The molecule has 136 valence electrons. The van der Waals surface area contributed by atoms with Crippen molar-refractivity contribution in [3.05, 3.63) is 81.5 Å². The Morgan fingerprint density at radius 2 is 1.63 bits per heavy atom. The van der Waals surface area contributed by atoms with Gasteiger partial charge < -0.3 is 4.42 Å². The molecule has 0 atom stereocenters. The molecule has 3 aromatic rings. The van der Waals surface area contributed by atoms with E-state index in [1.165, 1.54) is 13.8 Å². The molecule has 4 nitrogen and oxygen atoms in total. The summed E-state index contributed by atoms with van der Waals surface area (Å²) in [7, 11) is 0. The zero-order valence-corrected chi connectivity index (χ0v) is 15.5. The van der Waals surface area contributed by atoms with Crippen LogP contribution in [0.3, 0.4) is 0 Å². The van der Waals surface area contributed by atoms with Crippen LogP contribution in [0.4, 0.5) is 0 Å². The summed E-state index contributed by atoms with van der Waals surface area (Å²) in [4.78, 5) is 36.0. The van der Waals surface area contributed by atoms with Crippen LogP contribution < -0.4 is 5.43 Å². The van der Waals surface area contributed by atoms with Gasteiger partial charge in [-0.15, -0.1) is 0 Å². The highest BCUT2D eigenvalue weighted by atomic mass is 16.3. The fourth-order valence-corrected chi connectivity index (χ4v) is 2.84. The number of carbonyl (C=O) groups excluding carboxylic acids is 2. The van der Waals surface area contributed by atoms with E-state index in [2.05, 4.69) is 0 Å². The van der Waals surface area contributed by atoms with Crippen molar-refractivity contribution in [3.63, 3.8) is 0 Å². The highest BCUT2D eigenvalue weighted by Gasteiger charge is 2.08. The summed E-state index contributed by atoms with van der Waals surface area (Å²) in [5.41, 5.74) is 2.92. The van der Waals surface area contributed by atoms with Gasteiger partial charge in [-0.3, -0.25) is 14.4 Å². The van der Waals surface area contributed by atoms with Crippen LogP contribution in [0.1, 0.15) is 26.3 Å². The zero-order chi connectivity index (χ0) is 19.6. The average molecular weight is 360 g/mol. The summed E-state index contributed by atoms with van der Waals surface area (Å²) in [6, 6.07) is 12.6. The predicted octanol–water partition coefficient (Wildman–Crippen LogP) is 4.54. The molecule has 0 amide bonds. The Labute approximate surface area is 156 Å². The average Bonchev–Trinajstić information content (AvgIpc) is 2.65. The van der Waals surface area contributed by atoms with Gasteiger partial charge in [0.2, 0.25) is 5.43 Å². The van der Waals surface area contributed by atoms with Crippen LogP contribution in [0.25, 0.3) is 21.9 Å². The van der Waals surface area contributed by atoms with Crippen LogP contribution in [0.5, 0.6) is 0 Å². The highest BCUT2D eigenvalue weighted by molar-refractivity contribution is 6.00. The lowest BCUT2D eigenvalue weighted by Crippen LogP contribution is -2.03. The van der Waals surface area contributed by atoms with Crippen LogP contribution in [-0.4, -0.2) is 11.6 Å². The fraction of sp³-hybridized carbons (Fsp3) is 0.174. The summed E-state index contributed by atoms with van der Waals surface area (Å²) in [5.74, 6) is -0.181. The number of hydrogen-bond acceptors (Lipinski definition) is 4. The molecule has 0 N–H and O–H groups in total. The topological polar surface area (TPSA) is 64.3 Å². The maximum atomic E-state index is 12.7. The molecule has 1 heterocycles. The number of carbonyl (C=O) groups is 2. The number of para-hydroxylation sites is 1. The van der Waals surface area contributed by atoms with Gasteiger partial charge in [-0.2, -0.15) is 0 Å². The van der Waals surface area contributed by atoms with Crippen LogP contribution in [0.15, 0.2) is 75.0 Å². The highest BCUT2D eigenvalue weighted by Crippen LogP contribution is 2.20. The molecule has 0 radical (unpaired) electrons. The van der Waals surface area contributed by atoms with E-state index in [1.54, 1.807) is 49.4 Å². The molecule has 0 aliphatic rings. The molecule has 27 heavy (non-hydrogen) atoms. The van der Waals surface area contributed by atoms with E-state index in [1.807, 2.05) is 12.1 Å². The van der Waals surface area contributed by atoms with Crippen molar-refractivity contribution in [3.8, 4) is 0 Å². The Kier molecular flexibility index (Phi) is 5.17. The maximum Gasteiger partial charge on any atom is 0.200 e. The summed E-state index contributed by atoms with van der Waals surface area (Å²) < 4.78 is 5.81. The van der Waals surface area contributed by atoms with E-state index < -0.39 is 0 Å². The van der Waals surface area contributed by atoms with Gasteiger partial charge in [0.25, 0.3) is 0 Å². The van der Waals surface area contributed by atoms with Crippen molar-refractivity contribution >= 4 is 33.5 Å². The van der Waals surface area contributed by atoms with E-state index in [0.717, 1.165) is 5.56 Å². The first kappa shape index (κ1) is 18.5. The minimum Gasteiger partial charge on any atom is -0.456 e. The molecule has 3 rings (SSSR count). The van der Waals surface area contributed by atoms with Gasteiger partial charge in [0.1, 0.15) is 11.2 Å². The van der Waals surface area contributed by atoms with Gasteiger partial charge in [0.05, 0.1) is 10.8 Å². The van der Waals surface area contributed by atoms with E-state index in [-0.39, 0.29) is 17.0 Å². The number of rotatable bonds is 5. The second-order valence-electron chi connectivity index (χ2n) is 6.56. The number of Topliss-reactive ketones (excluding diaryl/α,β-unsaturated/α-hetero) is 2. The summed E-state index contributed by atoms with van der Waals surface area (Å²) in [6.07, 6.45) is 3.85. The molecule has 2 aromatic carbocycles. The third kappa shape index (κ3) is 3.95. The monoisotopic (exact) mass is 360 g/mol. The van der Waals surface area contributed by atoms with Crippen molar-refractivity contribution < 1.29 is 14.0 Å². The Balaban J connectivity index is 2.02. The van der Waals surface area contributed by atoms with E-state index in [0.29, 0.717) is 39.5 Å². The lowest BCUT2D eigenvalue weighted by Gasteiger charge is -2.04. The van der Waals surface area contributed by atoms with Crippen molar-refractivity contribution in [2.75, 3.05) is 0 Å². The SMILES string of the molecule is CC(=O)C(C)=CC(=CCc1ccc2oc3ccccc3c(=O)c2c1)C(C)=O. The number of ketones is 2. The van der Waals surface area contributed by atoms with E-state index in [9.17, 15) is 14.4 Å². The van der Waals surface area contributed by atoms with Crippen LogP contribution in [0, 0.1) is 0 Å². The Morgan fingerprint density at radius 1 is 0.926 bits per heavy atom. The molecule has 0 bridgehead atoms. The molecule has 0 aliphatic heterocycles. The van der Waals surface area contributed by atoms with Gasteiger partial charge in [-0.05, 0) is 68.7 Å². The zero-order valence-electron chi connectivity index (χ0n) is 15.5. The predicted molar refractivity (Wildman–Crippen MR) is 107 cm³/mol. The Hall–Kier alpha value is -3.27. The van der Waals surface area contributed by atoms with Crippen LogP contribution >= 0.6 is 0 Å². The molecule has 0 unspecified atom stereocenters. The first-order valence-corrected chi connectivity index (χ1v) is 8.71. The molecule has 0 fully saturated rings. The van der Waals surface area contributed by atoms with Crippen LogP contribution in [-0.2, 0) is 16.0 Å². The molecule has 0 aliphatic carbocycles. The number of allylic oxidation sites excluding steroid dienone is 4. The largest absolute Gasteiger partial charge is 0.456 e. The quantitative estimate of drug-likeness (QED) is 0.381. The molecular weight excluding hydrogens is 340 g/mol. The third-order valence-electron chi connectivity index (χ3n) is 4.53.